The molecule has 2 rings (SSSR count). The summed E-state index contributed by atoms with van der Waals surface area (Å²) < 4.78 is 0. The Morgan fingerprint density at radius 2 is 1.91 bits per heavy atom. The van der Waals surface area contributed by atoms with Gasteiger partial charge in [0.2, 0.25) is 11.8 Å². The average molecular weight is 302 g/mol. The molecular formula is C18H26N2O2. The fraction of sp³-hybridized carbons (Fsp3) is 0.556. The standard InChI is InChI=1S/C18H26N2O2/c1-12(19-13(2)21)17(22)20-9-8-14-6-7-16(18(3,4)5)10-15(14)11-20/h6-7,10,12H,8-9,11H2,1-5H3,(H,19,21)/t12-/m1/s1. The predicted molar refractivity (Wildman–Crippen MR) is 87.5 cm³/mol. The average Bonchev–Trinajstić information content (AvgIpc) is 2.43. The van der Waals surface area contributed by atoms with Crippen LogP contribution in [0.2, 0.25) is 0 Å². The van der Waals surface area contributed by atoms with Crippen LogP contribution in [0, 0.1) is 0 Å². The first-order chi connectivity index (χ1) is 10.2. The summed E-state index contributed by atoms with van der Waals surface area (Å²) in [5.41, 5.74) is 3.94. The van der Waals surface area contributed by atoms with Gasteiger partial charge < -0.3 is 10.2 Å². The fourth-order valence-electron chi connectivity index (χ4n) is 2.85. The van der Waals surface area contributed by atoms with Crippen molar-refractivity contribution in [3.8, 4) is 0 Å². The van der Waals surface area contributed by atoms with E-state index >= 15 is 0 Å². The molecule has 1 atom stereocenters. The number of benzene rings is 1. The van der Waals surface area contributed by atoms with Gasteiger partial charge in [-0.05, 0) is 35.4 Å². The summed E-state index contributed by atoms with van der Waals surface area (Å²) in [6.45, 7) is 11.1. The highest BCUT2D eigenvalue weighted by Gasteiger charge is 2.26. The highest BCUT2D eigenvalue weighted by molar-refractivity contribution is 5.86. The number of hydrogen-bond acceptors (Lipinski definition) is 2. The van der Waals surface area contributed by atoms with E-state index in [-0.39, 0.29) is 17.2 Å². The molecule has 4 nitrogen and oxygen atoms in total. The molecule has 1 aromatic carbocycles. The second kappa shape index (κ2) is 6.11. The number of nitrogens with zero attached hydrogens (tertiary/aromatic N) is 1. The van der Waals surface area contributed by atoms with Crippen molar-refractivity contribution in [2.75, 3.05) is 6.54 Å². The number of rotatable bonds is 2. The van der Waals surface area contributed by atoms with Gasteiger partial charge in [-0.15, -0.1) is 0 Å². The predicted octanol–water partition coefficient (Wildman–Crippen LogP) is 2.39. The third kappa shape index (κ3) is 3.67. The largest absolute Gasteiger partial charge is 0.345 e. The van der Waals surface area contributed by atoms with Crippen molar-refractivity contribution in [1.29, 1.82) is 0 Å². The van der Waals surface area contributed by atoms with Crippen LogP contribution in [0.15, 0.2) is 18.2 Å². The highest BCUT2D eigenvalue weighted by atomic mass is 16.2. The van der Waals surface area contributed by atoms with E-state index in [0.717, 1.165) is 6.42 Å². The lowest BCUT2D eigenvalue weighted by Gasteiger charge is -2.32. The van der Waals surface area contributed by atoms with Gasteiger partial charge in [0.25, 0.3) is 0 Å². The molecule has 1 aliphatic heterocycles. The Bertz CT molecular complexity index is 587. The van der Waals surface area contributed by atoms with Gasteiger partial charge in [0, 0.05) is 20.0 Å². The Labute approximate surface area is 132 Å². The Kier molecular flexibility index (Phi) is 4.59. The molecule has 0 saturated carbocycles. The van der Waals surface area contributed by atoms with Crippen LogP contribution in [0.25, 0.3) is 0 Å². The van der Waals surface area contributed by atoms with E-state index < -0.39 is 6.04 Å². The summed E-state index contributed by atoms with van der Waals surface area (Å²) in [4.78, 5) is 25.4. The molecule has 0 spiro atoms. The maximum atomic E-state index is 12.4. The maximum absolute atomic E-state index is 12.4. The molecule has 0 radical (unpaired) electrons. The van der Waals surface area contributed by atoms with Crippen molar-refractivity contribution in [3.63, 3.8) is 0 Å². The Morgan fingerprint density at radius 3 is 2.50 bits per heavy atom. The molecule has 0 aromatic heterocycles. The Balaban J connectivity index is 2.16. The third-order valence-corrected chi connectivity index (χ3v) is 4.19. The van der Waals surface area contributed by atoms with Crippen LogP contribution < -0.4 is 5.32 Å². The van der Waals surface area contributed by atoms with Crippen LogP contribution in [0.1, 0.15) is 51.3 Å². The lowest BCUT2D eigenvalue weighted by atomic mass is 9.84. The number of carbonyl (C=O) groups excluding carboxylic acids is 2. The molecule has 120 valence electrons. The number of nitrogens with one attached hydrogen (secondary N) is 1. The van der Waals surface area contributed by atoms with Crippen molar-refractivity contribution in [2.45, 2.75) is 59.0 Å². The smallest absolute Gasteiger partial charge is 0.245 e. The molecule has 1 aliphatic rings. The van der Waals surface area contributed by atoms with E-state index in [1.54, 1.807) is 6.92 Å². The molecule has 1 heterocycles. The molecule has 22 heavy (non-hydrogen) atoms. The zero-order valence-corrected chi connectivity index (χ0v) is 14.2. The maximum Gasteiger partial charge on any atom is 0.245 e. The molecule has 4 heteroatoms. The van der Waals surface area contributed by atoms with E-state index in [0.29, 0.717) is 13.1 Å². The Hall–Kier alpha value is -1.84. The highest BCUT2D eigenvalue weighted by Crippen LogP contribution is 2.27. The van der Waals surface area contributed by atoms with Crippen LogP contribution in [0.4, 0.5) is 0 Å². The third-order valence-electron chi connectivity index (χ3n) is 4.19. The lowest BCUT2D eigenvalue weighted by Crippen LogP contribution is -2.47. The van der Waals surface area contributed by atoms with Crippen LogP contribution >= 0.6 is 0 Å². The monoisotopic (exact) mass is 302 g/mol. The molecule has 0 unspecified atom stereocenters. The first-order valence-corrected chi connectivity index (χ1v) is 7.86. The van der Waals surface area contributed by atoms with Gasteiger partial charge in [0.05, 0.1) is 0 Å². The number of amides is 2. The van der Waals surface area contributed by atoms with Crippen molar-refractivity contribution in [1.82, 2.24) is 10.2 Å². The van der Waals surface area contributed by atoms with E-state index in [2.05, 4.69) is 44.3 Å². The first kappa shape index (κ1) is 16.5. The summed E-state index contributed by atoms with van der Waals surface area (Å²) in [7, 11) is 0. The molecule has 0 aliphatic carbocycles. The number of carbonyl (C=O) groups is 2. The summed E-state index contributed by atoms with van der Waals surface area (Å²) in [6, 6.07) is 6.13. The minimum absolute atomic E-state index is 0.0120. The number of hydrogen-bond donors (Lipinski definition) is 1. The topological polar surface area (TPSA) is 49.4 Å². The zero-order valence-electron chi connectivity index (χ0n) is 14.2. The molecule has 0 bridgehead atoms. The fourth-order valence-corrected chi connectivity index (χ4v) is 2.85. The second-order valence-electron chi connectivity index (χ2n) is 7.17. The van der Waals surface area contributed by atoms with Crippen molar-refractivity contribution in [3.05, 3.63) is 34.9 Å². The van der Waals surface area contributed by atoms with E-state index in [1.807, 2.05) is 4.90 Å². The summed E-state index contributed by atoms with van der Waals surface area (Å²) in [6.07, 6.45) is 0.873. The van der Waals surface area contributed by atoms with E-state index in [4.69, 9.17) is 0 Å². The quantitative estimate of drug-likeness (QED) is 0.912. The van der Waals surface area contributed by atoms with Gasteiger partial charge in [-0.25, -0.2) is 0 Å². The van der Waals surface area contributed by atoms with Crippen molar-refractivity contribution >= 4 is 11.8 Å². The molecule has 0 saturated heterocycles. The molecular weight excluding hydrogens is 276 g/mol. The van der Waals surface area contributed by atoms with Gasteiger partial charge >= 0.3 is 0 Å². The second-order valence-corrected chi connectivity index (χ2v) is 7.17. The summed E-state index contributed by atoms with van der Waals surface area (Å²) in [5, 5.41) is 2.67. The van der Waals surface area contributed by atoms with Crippen LogP contribution in [-0.4, -0.2) is 29.3 Å². The van der Waals surface area contributed by atoms with Crippen molar-refractivity contribution < 1.29 is 9.59 Å². The first-order valence-electron chi connectivity index (χ1n) is 7.86. The van der Waals surface area contributed by atoms with Gasteiger partial charge in [0.15, 0.2) is 0 Å². The van der Waals surface area contributed by atoms with Gasteiger partial charge in [-0.1, -0.05) is 39.0 Å². The minimum atomic E-state index is -0.468. The van der Waals surface area contributed by atoms with E-state index in [9.17, 15) is 9.59 Å². The van der Waals surface area contributed by atoms with Crippen molar-refractivity contribution in [2.24, 2.45) is 0 Å². The van der Waals surface area contributed by atoms with Gasteiger partial charge in [-0.3, -0.25) is 9.59 Å². The summed E-state index contributed by atoms with van der Waals surface area (Å²) >= 11 is 0. The SMILES string of the molecule is CC(=O)N[C@H](C)C(=O)N1CCc2ccc(C(C)(C)C)cc2C1. The van der Waals surface area contributed by atoms with Gasteiger partial charge in [0.1, 0.15) is 6.04 Å². The Morgan fingerprint density at radius 1 is 1.23 bits per heavy atom. The molecule has 1 N–H and O–H groups in total. The number of fused-ring (bicyclic) bond motifs is 1. The normalized spacial score (nSPS) is 16.0. The van der Waals surface area contributed by atoms with Crippen LogP contribution in [0.5, 0.6) is 0 Å². The van der Waals surface area contributed by atoms with Crippen LogP contribution in [0.3, 0.4) is 0 Å². The zero-order chi connectivity index (χ0) is 16.5. The van der Waals surface area contributed by atoms with Crippen LogP contribution in [-0.2, 0) is 28.0 Å². The molecule has 1 aromatic rings. The minimum Gasteiger partial charge on any atom is -0.345 e. The van der Waals surface area contributed by atoms with Gasteiger partial charge in [-0.2, -0.15) is 0 Å². The molecule has 2 amide bonds. The van der Waals surface area contributed by atoms with E-state index in [1.165, 1.54) is 23.6 Å². The lowest BCUT2D eigenvalue weighted by molar-refractivity contribution is -0.136. The summed E-state index contributed by atoms with van der Waals surface area (Å²) in [5.74, 6) is -0.185. The molecule has 0 fully saturated rings.